The summed E-state index contributed by atoms with van der Waals surface area (Å²) in [6, 6.07) is 3.93. The average Bonchev–Trinajstić information content (AvgIpc) is 2.37. The van der Waals surface area contributed by atoms with Crippen molar-refractivity contribution in [3.05, 3.63) is 24.0 Å². The zero-order valence-corrected chi connectivity index (χ0v) is 11.6. The second-order valence-electron chi connectivity index (χ2n) is 5.09. The Hall–Kier alpha value is -1.09. The van der Waals surface area contributed by atoms with E-state index >= 15 is 0 Å². The van der Waals surface area contributed by atoms with Gasteiger partial charge in [-0.2, -0.15) is 0 Å². The van der Waals surface area contributed by atoms with Crippen LogP contribution in [0.25, 0.3) is 0 Å². The largest absolute Gasteiger partial charge is 0.387 e. The minimum atomic E-state index is -0.450. The lowest BCUT2D eigenvalue weighted by molar-refractivity contribution is 0.169. The van der Waals surface area contributed by atoms with Gasteiger partial charge in [-0.25, -0.2) is 0 Å². The van der Waals surface area contributed by atoms with Crippen LogP contribution in [0.1, 0.15) is 52.3 Å². The predicted octanol–water partition coefficient (Wildman–Crippen LogP) is 3.15. The topological polar surface area (TPSA) is 36.4 Å². The lowest BCUT2D eigenvalue weighted by Gasteiger charge is -2.36. The molecule has 0 aliphatic rings. The highest BCUT2D eigenvalue weighted by Gasteiger charge is 2.21. The van der Waals surface area contributed by atoms with E-state index in [1.54, 1.807) is 0 Å². The standard InChI is InChI=1S/C14H24N2O/c1-6-13(17)12-9-8-11(10-15-12)16(5)14(3,4)7-2/h8-10,13,17H,6-7H2,1-5H3. The van der Waals surface area contributed by atoms with Crippen molar-refractivity contribution in [2.75, 3.05) is 11.9 Å². The molecule has 1 heterocycles. The molecule has 0 amide bonds. The lowest BCUT2D eigenvalue weighted by atomic mass is 9.99. The monoisotopic (exact) mass is 236 g/mol. The van der Waals surface area contributed by atoms with E-state index in [1.807, 2.05) is 25.3 Å². The molecule has 1 atom stereocenters. The third-order valence-corrected chi connectivity index (χ3v) is 3.66. The van der Waals surface area contributed by atoms with E-state index in [4.69, 9.17) is 0 Å². The lowest BCUT2D eigenvalue weighted by Crippen LogP contribution is -2.40. The van der Waals surface area contributed by atoms with Gasteiger partial charge in [-0.15, -0.1) is 0 Å². The summed E-state index contributed by atoms with van der Waals surface area (Å²) < 4.78 is 0. The Kier molecular flexibility index (Phi) is 4.52. The van der Waals surface area contributed by atoms with E-state index in [9.17, 15) is 5.11 Å². The van der Waals surface area contributed by atoms with Crippen molar-refractivity contribution >= 4 is 5.69 Å². The number of hydrogen-bond acceptors (Lipinski definition) is 3. The number of aliphatic hydroxyl groups is 1. The maximum atomic E-state index is 9.69. The molecule has 1 aromatic heterocycles. The van der Waals surface area contributed by atoms with Gasteiger partial charge >= 0.3 is 0 Å². The number of anilines is 1. The van der Waals surface area contributed by atoms with Crippen molar-refractivity contribution < 1.29 is 5.11 Å². The van der Waals surface area contributed by atoms with Crippen molar-refractivity contribution in [1.29, 1.82) is 0 Å². The summed E-state index contributed by atoms with van der Waals surface area (Å²) in [4.78, 5) is 6.55. The molecule has 1 rings (SSSR count). The quantitative estimate of drug-likeness (QED) is 0.853. The molecule has 3 heteroatoms. The number of nitrogens with zero attached hydrogens (tertiary/aromatic N) is 2. The van der Waals surface area contributed by atoms with Crippen molar-refractivity contribution in [3.63, 3.8) is 0 Å². The molecule has 1 N–H and O–H groups in total. The fourth-order valence-electron chi connectivity index (χ4n) is 1.59. The van der Waals surface area contributed by atoms with Gasteiger partial charge in [-0.05, 0) is 38.8 Å². The number of rotatable bonds is 5. The van der Waals surface area contributed by atoms with Gasteiger partial charge in [-0.3, -0.25) is 4.98 Å². The highest BCUT2D eigenvalue weighted by molar-refractivity contribution is 5.46. The second kappa shape index (κ2) is 5.50. The molecule has 1 unspecified atom stereocenters. The van der Waals surface area contributed by atoms with Gasteiger partial charge in [-0.1, -0.05) is 13.8 Å². The molecule has 0 aromatic carbocycles. The Morgan fingerprint density at radius 1 is 1.35 bits per heavy atom. The molecular formula is C14H24N2O. The van der Waals surface area contributed by atoms with Crippen molar-refractivity contribution in [2.45, 2.75) is 52.2 Å². The van der Waals surface area contributed by atoms with E-state index in [-0.39, 0.29) is 5.54 Å². The smallest absolute Gasteiger partial charge is 0.0957 e. The summed E-state index contributed by atoms with van der Waals surface area (Å²) >= 11 is 0. The van der Waals surface area contributed by atoms with Gasteiger partial charge in [0.05, 0.1) is 23.7 Å². The number of pyridine rings is 1. The van der Waals surface area contributed by atoms with Crippen molar-refractivity contribution in [1.82, 2.24) is 4.98 Å². The molecule has 0 aliphatic heterocycles. The first-order valence-corrected chi connectivity index (χ1v) is 6.30. The van der Waals surface area contributed by atoms with Crippen LogP contribution in [-0.4, -0.2) is 22.7 Å². The molecule has 3 nitrogen and oxygen atoms in total. The fraction of sp³-hybridized carbons (Fsp3) is 0.643. The third-order valence-electron chi connectivity index (χ3n) is 3.66. The highest BCUT2D eigenvalue weighted by Crippen LogP contribution is 2.25. The third kappa shape index (κ3) is 3.19. The number of aromatic nitrogens is 1. The first-order valence-electron chi connectivity index (χ1n) is 6.30. The van der Waals surface area contributed by atoms with E-state index < -0.39 is 6.10 Å². The average molecular weight is 236 g/mol. The van der Waals surface area contributed by atoms with E-state index in [0.717, 1.165) is 17.8 Å². The van der Waals surface area contributed by atoms with Gasteiger partial charge in [0, 0.05) is 12.6 Å². The van der Waals surface area contributed by atoms with Crippen molar-refractivity contribution in [2.24, 2.45) is 0 Å². The summed E-state index contributed by atoms with van der Waals surface area (Å²) in [5.41, 5.74) is 1.95. The molecule has 0 aliphatic carbocycles. The Morgan fingerprint density at radius 3 is 2.41 bits per heavy atom. The Balaban J connectivity index is 2.88. The molecule has 1 aromatic rings. The Labute approximate surface area is 104 Å². The van der Waals surface area contributed by atoms with E-state index in [0.29, 0.717) is 6.42 Å². The van der Waals surface area contributed by atoms with Gasteiger partial charge in [0.15, 0.2) is 0 Å². The van der Waals surface area contributed by atoms with Crippen LogP contribution in [0.3, 0.4) is 0 Å². The maximum absolute atomic E-state index is 9.69. The SMILES string of the molecule is CCC(O)c1ccc(N(C)C(C)(C)CC)cn1. The van der Waals surface area contributed by atoms with Gasteiger partial charge in [0.1, 0.15) is 0 Å². The molecule has 0 fully saturated rings. The molecule has 17 heavy (non-hydrogen) atoms. The molecular weight excluding hydrogens is 212 g/mol. The normalized spacial score (nSPS) is 13.5. The Morgan fingerprint density at radius 2 is 2.00 bits per heavy atom. The number of hydrogen-bond donors (Lipinski definition) is 1. The van der Waals surface area contributed by atoms with Crippen LogP contribution >= 0.6 is 0 Å². The first-order chi connectivity index (χ1) is 7.92. The van der Waals surface area contributed by atoms with Crippen LogP contribution in [0.15, 0.2) is 18.3 Å². The predicted molar refractivity (Wildman–Crippen MR) is 72.3 cm³/mol. The zero-order chi connectivity index (χ0) is 13.1. The summed E-state index contributed by atoms with van der Waals surface area (Å²) in [5, 5.41) is 9.69. The highest BCUT2D eigenvalue weighted by atomic mass is 16.3. The van der Waals surface area contributed by atoms with Crippen LogP contribution in [0, 0.1) is 0 Å². The summed E-state index contributed by atoms with van der Waals surface area (Å²) in [5.74, 6) is 0. The molecule has 0 saturated heterocycles. The molecule has 0 radical (unpaired) electrons. The molecule has 0 saturated carbocycles. The Bertz CT molecular complexity index is 346. The minimum Gasteiger partial charge on any atom is -0.387 e. The van der Waals surface area contributed by atoms with Crippen LogP contribution in [0.4, 0.5) is 5.69 Å². The summed E-state index contributed by atoms with van der Waals surface area (Å²) in [7, 11) is 2.08. The van der Waals surface area contributed by atoms with Gasteiger partial charge in [0.2, 0.25) is 0 Å². The fourth-order valence-corrected chi connectivity index (χ4v) is 1.59. The van der Waals surface area contributed by atoms with Crippen LogP contribution < -0.4 is 4.90 Å². The second-order valence-corrected chi connectivity index (χ2v) is 5.09. The molecule has 0 bridgehead atoms. The van der Waals surface area contributed by atoms with Crippen LogP contribution in [-0.2, 0) is 0 Å². The van der Waals surface area contributed by atoms with Crippen molar-refractivity contribution in [3.8, 4) is 0 Å². The summed E-state index contributed by atoms with van der Waals surface area (Å²) in [6.07, 6.45) is 3.16. The van der Waals surface area contributed by atoms with Crippen LogP contribution in [0.2, 0.25) is 0 Å². The first kappa shape index (κ1) is 14.0. The summed E-state index contributed by atoms with van der Waals surface area (Å²) in [6.45, 7) is 8.55. The van der Waals surface area contributed by atoms with Gasteiger partial charge in [0.25, 0.3) is 0 Å². The zero-order valence-electron chi connectivity index (χ0n) is 11.6. The number of aliphatic hydroxyl groups excluding tert-OH is 1. The van der Waals surface area contributed by atoms with E-state index in [1.165, 1.54) is 0 Å². The molecule has 0 spiro atoms. The molecule has 96 valence electrons. The van der Waals surface area contributed by atoms with Gasteiger partial charge < -0.3 is 10.0 Å². The minimum absolute atomic E-state index is 0.118. The maximum Gasteiger partial charge on any atom is 0.0957 e. The van der Waals surface area contributed by atoms with E-state index in [2.05, 4.69) is 37.7 Å². The van der Waals surface area contributed by atoms with Crippen LogP contribution in [0.5, 0.6) is 0 Å².